The Kier molecular flexibility index (Phi) is 5.13. The molecule has 2 atom stereocenters. The van der Waals surface area contributed by atoms with Gasteiger partial charge in [0, 0.05) is 18.7 Å². The number of hydrogen-bond acceptors (Lipinski definition) is 5. The minimum absolute atomic E-state index is 0.130. The highest BCUT2D eigenvalue weighted by Crippen LogP contribution is 2.26. The van der Waals surface area contributed by atoms with Gasteiger partial charge < -0.3 is 20.1 Å². The van der Waals surface area contributed by atoms with Crippen molar-refractivity contribution in [3.8, 4) is 5.88 Å². The number of pyridine rings is 1. The molecule has 1 aromatic heterocycles. The van der Waals surface area contributed by atoms with E-state index in [1.807, 2.05) is 30.3 Å². The summed E-state index contributed by atoms with van der Waals surface area (Å²) < 4.78 is 10.3. The number of carbonyl (C=O) groups is 2. The third-order valence-electron chi connectivity index (χ3n) is 3.97. The zero-order valence-corrected chi connectivity index (χ0v) is 13.8. The van der Waals surface area contributed by atoms with E-state index in [9.17, 15) is 9.59 Å². The van der Waals surface area contributed by atoms with E-state index in [1.54, 1.807) is 18.3 Å². The highest BCUT2D eigenvalue weighted by Gasteiger charge is 2.35. The van der Waals surface area contributed by atoms with Crippen molar-refractivity contribution in [2.75, 3.05) is 7.11 Å². The van der Waals surface area contributed by atoms with Gasteiger partial charge in [-0.25, -0.2) is 9.78 Å². The molecule has 0 saturated carbocycles. The molecule has 2 amide bonds. The van der Waals surface area contributed by atoms with Gasteiger partial charge in [0.15, 0.2) is 0 Å². The van der Waals surface area contributed by atoms with Gasteiger partial charge in [0.25, 0.3) is 0 Å². The molecule has 1 saturated heterocycles. The molecular formula is C18H19N3O4. The number of rotatable bonds is 5. The smallest absolute Gasteiger partial charge is 0.407 e. The number of hydrogen-bond donors (Lipinski definition) is 2. The molecule has 0 bridgehead atoms. The van der Waals surface area contributed by atoms with Crippen LogP contribution in [0.15, 0.2) is 48.7 Å². The van der Waals surface area contributed by atoms with Crippen molar-refractivity contribution < 1.29 is 19.1 Å². The summed E-state index contributed by atoms with van der Waals surface area (Å²) in [6.07, 6.45) is 1.23. The fourth-order valence-corrected chi connectivity index (χ4v) is 2.75. The summed E-state index contributed by atoms with van der Waals surface area (Å²) in [6, 6.07) is 12.2. The van der Waals surface area contributed by atoms with Gasteiger partial charge in [0.1, 0.15) is 6.61 Å². The van der Waals surface area contributed by atoms with E-state index in [1.165, 1.54) is 7.11 Å². The normalized spacial score (nSPS) is 19.2. The molecule has 1 aliphatic heterocycles. The van der Waals surface area contributed by atoms with E-state index in [4.69, 9.17) is 9.47 Å². The number of nitrogens with zero attached hydrogens (tertiary/aromatic N) is 1. The lowest BCUT2D eigenvalue weighted by Crippen LogP contribution is -2.38. The van der Waals surface area contributed by atoms with Crippen LogP contribution in [0.4, 0.5) is 4.79 Å². The Hall–Kier alpha value is -3.09. The molecule has 0 aliphatic carbocycles. The summed E-state index contributed by atoms with van der Waals surface area (Å²) in [5.74, 6) is 0.318. The maximum atomic E-state index is 12.1. The second kappa shape index (κ2) is 7.65. The molecule has 2 heterocycles. The van der Waals surface area contributed by atoms with Gasteiger partial charge in [-0.15, -0.1) is 0 Å². The Morgan fingerprint density at radius 2 is 2.12 bits per heavy atom. The SMILES string of the molecule is COc1cc([C@H]2NC(=O)C[C@@H]2NC(=O)OCc2ccccc2)ccn1. The summed E-state index contributed by atoms with van der Waals surface area (Å²) in [4.78, 5) is 27.9. The van der Waals surface area contributed by atoms with Crippen LogP contribution in [-0.4, -0.2) is 30.1 Å². The van der Waals surface area contributed by atoms with Crippen molar-refractivity contribution in [1.82, 2.24) is 15.6 Å². The lowest BCUT2D eigenvalue weighted by atomic mass is 10.0. The van der Waals surface area contributed by atoms with Crippen LogP contribution in [0.5, 0.6) is 5.88 Å². The molecule has 7 heteroatoms. The number of methoxy groups -OCH3 is 1. The first-order chi connectivity index (χ1) is 12.2. The fourth-order valence-electron chi connectivity index (χ4n) is 2.75. The van der Waals surface area contributed by atoms with Crippen LogP contribution in [0.3, 0.4) is 0 Å². The lowest BCUT2D eigenvalue weighted by molar-refractivity contribution is -0.119. The van der Waals surface area contributed by atoms with Crippen molar-refractivity contribution in [2.24, 2.45) is 0 Å². The number of carbonyl (C=O) groups excluding carboxylic acids is 2. The molecule has 0 spiro atoms. The highest BCUT2D eigenvalue weighted by molar-refractivity contribution is 5.81. The fraction of sp³-hybridized carbons (Fsp3) is 0.278. The second-order valence-electron chi connectivity index (χ2n) is 5.69. The average Bonchev–Trinajstić information content (AvgIpc) is 3.01. The van der Waals surface area contributed by atoms with Gasteiger partial charge in [-0.2, -0.15) is 0 Å². The Morgan fingerprint density at radius 3 is 2.88 bits per heavy atom. The van der Waals surface area contributed by atoms with Crippen molar-refractivity contribution in [1.29, 1.82) is 0 Å². The molecule has 2 N–H and O–H groups in total. The number of ether oxygens (including phenoxy) is 2. The van der Waals surface area contributed by atoms with Crippen LogP contribution < -0.4 is 15.4 Å². The summed E-state index contributed by atoms with van der Waals surface area (Å²) in [6.45, 7) is 0.175. The number of aromatic nitrogens is 1. The summed E-state index contributed by atoms with van der Waals surface area (Å²) in [5, 5.41) is 5.62. The zero-order valence-electron chi connectivity index (χ0n) is 13.8. The van der Waals surface area contributed by atoms with Crippen molar-refractivity contribution >= 4 is 12.0 Å². The molecule has 1 aliphatic rings. The Labute approximate surface area is 145 Å². The molecule has 1 aromatic carbocycles. The standard InChI is InChI=1S/C18H19N3O4/c1-24-16-9-13(7-8-19-16)17-14(10-15(22)21-17)20-18(23)25-11-12-5-3-2-4-6-12/h2-9,14,17H,10-11H2,1H3,(H,20,23)(H,21,22)/t14-,17+/m0/s1. The van der Waals surface area contributed by atoms with Crippen LogP contribution in [0.2, 0.25) is 0 Å². The Morgan fingerprint density at radius 1 is 1.32 bits per heavy atom. The third kappa shape index (κ3) is 4.26. The second-order valence-corrected chi connectivity index (χ2v) is 5.69. The first kappa shape index (κ1) is 16.8. The number of benzene rings is 1. The van der Waals surface area contributed by atoms with E-state index < -0.39 is 12.1 Å². The summed E-state index contributed by atoms with van der Waals surface area (Å²) >= 11 is 0. The summed E-state index contributed by atoms with van der Waals surface area (Å²) in [5.41, 5.74) is 1.71. The topological polar surface area (TPSA) is 89.6 Å². The molecule has 1 fully saturated rings. The van der Waals surface area contributed by atoms with Gasteiger partial charge in [-0.3, -0.25) is 4.79 Å². The van der Waals surface area contributed by atoms with E-state index in [-0.39, 0.29) is 25.0 Å². The van der Waals surface area contributed by atoms with Gasteiger partial charge in [0.05, 0.1) is 19.2 Å². The third-order valence-corrected chi connectivity index (χ3v) is 3.97. The Bertz CT molecular complexity index is 751. The van der Waals surface area contributed by atoms with Crippen molar-refractivity contribution in [3.05, 3.63) is 59.8 Å². The molecule has 25 heavy (non-hydrogen) atoms. The minimum atomic E-state index is -0.559. The Balaban J connectivity index is 1.63. The highest BCUT2D eigenvalue weighted by atomic mass is 16.5. The molecular weight excluding hydrogens is 322 g/mol. The maximum Gasteiger partial charge on any atom is 0.407 e. The largest absolute Gasteiger partial charge is 0.481 e. The van der Waals surface area contributed by atoms with Crippen LogP contribution in [0.25, 0.3) is 0 Å². The van der Waals surface area contributed by atoms with Crippen LogP contribution in [0, 0.1) is 0 Å². The zero-order chi connectivity index (χ0) is 17.6. The number of alkyl carbamates (subject to hydrolysis) is 1. The number of amides is 2. The monoisotopic (exact) mass is 341 g/mol. The van der Waals surface area contributed by atoms with Gasteiger partial charge in [0.2, 0.25) is 11.8 Å². The van der Waals surface area contributed by atoms with Crippen LogP contribution in [-0.2, 0) is 16.1 Å². The quantitative estimate of drug-likeness (QED) is 0.867. The average molecular weight is 341 g/mol. The maximum absolute atomic E-state index is 12.1. The van der Waals surface area contributed by atoms with E-state index in [0.29, 0.717) is 5.88 Å². The minimum Gasteiger partial charge on any atom is -0.481 e. The molecule has 7 nitrogen and oxygen atoms in total. The van der Waals surface area contributed by atoms with E-state index in [0.717, 1.165) is 11.1 Å². The van der Waals surface area contributed by atoms with Crippen molar-refractivity contribution in [3.63, 3.8) is 0 Å². The molecule has 2 aromatic rings. The lowest BCUT2D eigenvalue weighted by Gasteiger charge is -2.20. The molecule has 130 valence electrons. The van der Waals surface area contributed by atoms with Gasteiger partial charge >= 0.3 is 6.09 Å². The first-order valence-corrected chi connectivity index (χ1v) is 7.92. The predicted molar refractivity (Wildman–Crippen MR) is 89.8 cm³/mol. The van der Waals surface area contributed by atoms with Crippen LogP contribution >= 0.6 is 0 Å². The summed E-state index contributed by atoms with van der Waals surface area (Å²) in [7, 11) is 1.52. The first-order valence-electron chi connectivity index (χ1n) is 7.92. The molecule has 0 radical (unpaired) electrons. The number of nitrogens with one attached hydrogen (secondary N) is 2. The predicted octanol–water partition coefficient (Wildman–Crippen LogP) is 1.95. The molecule has 3 rings (SSSR count). The van der Waals surface area contributed by atoms with E-state index >= 15 is 0 Å². The van der Waals surface area contributed by atoms with E-state index in [2.05, 4.69) is 15.6 Å². The van der Waals surface area contributed by atoms with Crippen molar-refractivity contribution in [2.45, 2.75) is 25.1 Å². The molecule has 0 unspecified atom stereocenters. The van der Waals surface area contributed by atoms with Crippen LogP contribution in [0.1, 0.15) is 23.6 Å². The van der Waals surface area contributed by atoms with Gasteiger partial charge in [-0.1, -0.05) is 30.3 Å². The van der Waals surface area contributed by atoms with Gasteiger partial charge in [-0.05, 0) is 17.2 Å².